The van der Waals surface area contributed by atoms with E-state index in [-0.39, 0.29) is 18.0 Å². The highest BCUT2D eigenvalue weighted by molar-refractivity contribution is 6.01. The van der Waals surface area contributed by atoms with Gasteiger partial charge in [-0.3, -0.25) is 9.59 Å². The van der Waals surface area contributed by atoms with Crippen LogP contribution >= 0.6 is 0 Å². The summed E-state index contributed by atoms with van der Waals surface area (Å²) in [5.41, 5.74) is 0. The van der Waals surface area contributed by atoms with Gasteiger partial charge >= 0.3 is 0 Å². The lowest BCUT2D eigenvalue weighted by molar-refractivity contribution is -0.225. The van der Waals surface area contributed by atoms with Crippen molar-refractivity contribution in [3.63, 3.8) is 0 Å². The number of carbonyl (C=O) groups excluding carboxylic acids is 2. The van der Waals surface area contributed by atoms with Crippen LogP contribution in [0.15, 0.2) is 0 Å². The molecule has 2 saturated heterocycles. The van der Waals surface area contributed by atoms with Crippen LogP contribution in [-0.2, 0) is 28.5 Å². The van der Waals surface area contributed by atoms with E-state index >= 15 is 0 Å². The van der Waals surface area contributed by atoms with Crippen molar-refractivity contribution in [1.82, 2.24) is 0 Å². The van der Waals surface area contributed by atoms with Crippen LogP contribution in [0.4, 0.5) is 0 Å². The zero-order valence-electron chi connectivity index (χ0n) is 11.7. The van der Waals surface area contributed by atoms with Gasteiger partial charge in [-0.1, -0.05) is 6.92 Å². The standard InChI is InChI=1S/C13H20O6/c1-5-7(14)6-8(15)9-10-11(12(16-4)17-9)19-13(2,3)18-10/h9-12H,5-6H2,1-4H3/t9-,10+,11+,12+/m0/s1. The zero-order chi connectivity index (χ0) is 14.2. The third-order valence-corrected chi connectivity index (χ3v) is 3.33. The Morgan fingerprint density at radius 1 is 1.21 bits per heavy atom. The minimum atomic E-state index is -0.799. The molecule has 6 nitrogen and oxygen atoms in total. The van der Waals surface area contributed by atoms with Crippen LogP contribution in [0.3, 0.4) is 0 Å². The number of carbonyl (C=O) groups is 2. The van der Waals surface area contributed by atoms with Gasteiger partial charge in [-0.05, 0) is 13.8 Å². The van der Waals surface area contributed by atoms with Crippen LogP contribution in [-0.4, -0.2) is 49.1 Å². The molecule has 0 aromatic carbocycles. The van der Waals surface area contributed by atoms with E-state index in [2.05, 4.69) is 0 Å². The zero-order valence-corrected chi connectivity index (χ0v) is 11.7. The molecule has 2 heterocycles. The highest BCUT2D eigenvalue weighted by Gasteiger charge is 2.57. The van der Waals surface area contributed by atoms with E-state index in [0.29, 0.717) is 6.42 Å². The molecule has 0 amide bonds. The monoisotopic (exact) mass is 272 g/mol. The van der Waals surface area contributed by atoms with E-state index in [4.69, 9.17) is 18.9 Å². The van der Waals surface area contributed by atoms with Gasteiger partial charge in [0.2, 0.25) is 0 Å². The minimum absolute atomic E-state index is 0.107. The molecule has 0 aliphatic carbocycles. The molecule has 2 fully saturated rings. The van der Waals surface area contributed by atoms with Crippen molar-refractivity contribution in [3.05, 3.63) is 0 Å². The SMILES string of the molecule is CCC(=O)CC(=O)[C@@H]1O[C@@H](OC)[C@@H]2OC(C)(C)O[C@@H]21. The van der Waals surface area contributed by atoms with Crippen molar-refractivity contribution < 1.29 is 28.5 Å². The van der Waals surface area contributed by atoms with Crippen molar-refractivity contribution in [2.24, 2.45) is 0 Å². The highest BCUT2D eigenvalue weighted by atomic mass is 16.8. The van der Waals surface area contributed by atoms with Crippen molar-refractivity contribution in [2.75, 3.05) is 7.11 Å². The molecule has 0 saturated carbocycles. The largest absolute Gasteiger partial charge is 0.353 e. The average molecular weight is 272 g/mol. The summed E-state index contributed by atoms with van der Waals surface area (Å²) in [5.74, 6) is -1.16. The van der Waals surface area contributed by atoms with E-state index in [1.807, 2.05) is 0 Å². The first kappa shape index (κ1) is 14.6. The fraction of sp³-hybridized carbons (Fsp3) is 0.846. The van der Waals surface area contributed by atoms with Crippen LogP contribution in [0.2, 0.25) is 0 Å². The molecule has 0 radical (unpaired) electrons. The van der Waals surface area contributed by atoms with Crippen LogP contribution in [0.25, 0.3) is 0 Å². The number of methoxy groups -OCH3 is 1. The Bertz CT molecular complexity index is 377. The lowest BCUT2D eigenvalue weighted by Gasteiger charge is -2.23. The van der Waals surface area contributed by atoms with Gasteiger partial charge in [0.25, 0.3) is 0 Å². The molecule has 2 aliphatic rings. The maximum Gasteiger partial charge on any atom is 0.187 e. The van der Waals surface area contributed by atoms with Gasteiger partial charge in [-0.2, -0.15) is 0 Å². The van der Waals surface area contributed by atoms with Gasteiger partial charge in [0.05, 0.1) is 6.42 Å². The third-order valence-electron chi connectivity index (χ3n) is 3.33. The molecule has 2 rings (SSSR count). The molecular formula is C13H20O6. The molecule has 6 heteroatoms. The van der Waals surface area contributed by atoms with Gasteiger partial charge < -0.3 is 18.9 Å². The van der Waals surface area contributed by atoms with Crippen LogP contribution in [0, 0.1) is 0 Å². The topological polar surface area (TPSA) is 71.1 Å². The molecular weight excluding hydrogens is 252 g/mol. The Kier molecular flexibility index (Phi) is 4.06. The van der Waals surface area contributed by atoms with E-state index in [9.17, 15) is 9.59 Å². The first-order valence-electron chi connectivity index (χ1n) is 6.46. The predicted molar refractivity (Wildman–Crippen MR) is 64.4 cm³/mol. The fourth-order valence-corrected chi connectivity index (χ4v) is 2.43. The fourth-order valence-electron chi connectivity index (χ4n) is 2.43. The summed E-state index contributed by atoms with van der Waals surface area (Å²) in [6.45, 7) is 5.28. The number of ketones is 2. The normalized spacial score (nSPS) is 36.2. The number of hydrogen-bond donors (Lipinski definition) is 0. The van der Waals surface area contributed by atoms with Crippen molar-refractivity contribution in [1.29, 1.82) is 0 Å². The van der Waals surface area contributed by atoms with Crippen LogP contribution in [0.5, 0.6) is 0 Å². The Morgan fingerprint density at radius 2 is 1.84 bits per heavy atom. The molecule has 2 aliphatic heterocycles. The molecule has 19 heavy (non-hydrogen) atoms. The van der Waals surface area contributed by atoms with Gasteiger partial charge in [0.15, 0.2) is 17.9 Å². The lowest BCUT2D eigenvalue weighted by Crippen LogP contribution is -2.36. The van der Waals surface area contributed by atoms with Crippen molar-refractivity contribution >= 4 is 11.6 Å². The number of hydrogen-bond acceptors (Lipinski definition) is 6. The van der Waals surface area contributed by atoms with E-state index < -0.39 is 30.4 Å². The molecule has 0 aromatic rings. The van der Waals surface area contributed by atoms with Crippen molar-refractivity contribution in [2.45, 2.75) is 64.0 Å². The Hall–Kier alpha value is -0.820. The minimum Gasteiger partial charge on any atom is -0.353 e. The number of Topliss-reactive ketones (excluding diaryl/α,β-unsaturated/α-hetero) is 2. The molecule has 0 N–H and O–H groups in total. The second-order valence-electron chi connectivity index (χ2n) is 5.26. The molecule has 0 unspecified atom stereocenters. The molecule has 108 valence electrons. The second kappa shape index (κ2) is 5.28. The first-order valence-corrected chi connectivity index (χ1v) is 6.46. The third kappa shape index (κ3) is 2.86. The maximum absolute atomic E-state index is 12.1. The molecule has 0 aromatic heterocycles. The van der Waals surface area contributed by atoms with E-state index in [0.717, 1.165) is 0 Å². The number of ether oxygens (including phenoxy) is 4. The summed E-state index contributed by atoms with van der Waals surface area (Å²) >= 11 is 0. The smallest absolute Gasteiger partial charge is 0.187 e. The van der Waals surface area contributed by atoms with Gasteiger partial charge in [0.1, 0.15) is 24.1 Å². The van der Waals surface area contributed by atoms with Crippen LogP contribution < -0.4 is 0 Å². The maximum atomic E-state index is 12.1. The summed E-state index contributed by atoms with van der Waals surface area (Å²) in [4.78, 5) is 23.5. The van der Waals surface area contributed by atoms with Gasteiger partial charge in [0, 0.05) is 13.5 Å². The summed E-state index contributed by atoms with van der Waals surface area (Å²) in [6.07, 6.45) is -2.19. The lowest BCUT2D eigenvalue weighted by atomic mass is 10.0. The Labute approximate surface area is 112 Å². The molecule has 0 bridgehead atoms. The molecule has 4 atom stereocenters. The summed E-state index contributed by atoms with van der Waals surface area (Å²) in [7, 11) is 1.49. The van der Waals surface area contributed by atoms with Crippen molar-refractivity contribution in [3.8, 4) is 0 Å². The number of rotatable bonds is 5. The van der Waals surface area contributed by atoms with Crippen LogP contribution in [0.1, 0.15) is 33.6 Å². The second-order valence-corrected chi connectivity index (χ2v) is 5.26. The van der Waals surface area contributed by atoms with E-state index in [1.165, 1.54) is 7.11 Å². The first-order chi connectivity index (χ1) is 8.88. The Morgan fingerprint density at radius 3 is 2.42 bits per heavy atom. The quantitative estimate of drug-likeness (QED) is 0.690. The van der Waals surface area contributed by atoms with Gasteiger partial charge in [-0.15, -0.1) is 0 Å². The average Bonchev–Trinajstić information content (AvgIpc) is 2.81. The highest BCUT2D eigenvalue weighted by Crippen LogP contribution is 2.39. The van der Waals surface area contributed by atoms with Gasteiger partial charge in [-0.25, -0.2) is 0 Å². The summed E-state index contributed by atoms with van der Waals surface area (Å²) in [5, 5.41) is 0. The summed E-state index contributed by atoms with van der Waals surface area (Å²) < 4.78 is 22.0. The Balaban J connectivity index is 2.10. The summed E-state index contributed by atoms with van der Waals surface area (Å²) in [6, 6.07) is 0. The predicted octanol–water partition coefficient (Wildman–Crippen LogP) is 0.816. The molecule has 0 spiro atoms. The number of fused-ring (bicyclic) bond motifs is 1. The van der Waals surface area contributed by atoms with E-state index in [1.54, 1.807) is 20.8 Å².